The van der Waals surface area contributed by atoms with Gasteiger partial charge >= 0.3 is 0 Å². The summed E-state index contributed by atoms with van der Waals surface area (Å²) < 4.78 is 0. The van der Waals surface area contributed by atoms with E-state index in [2.05, 4.69) is 10.6 Å². The van der Waals surface area contributed by atoms with Gasteiger partial charge in [-0.2, -0.15) is 0 Å². The van der Waals surface area contributed by atoms with Crippen molar-refractivity contribution in [3.8, 4) is 0 Å². The molecule has 1 aromatic rings. The van der Waals surface area contributed by atoms with Crippen LogP contribution in [-0.4, -0.2) is 24.4 Å². The first-order chi connectivity index (χ1) is 7.54. The molecule has 0 spiro atoms. The van der Waals surface area contributed by atoms with Gasteiger partial charge in [-0.3, -0.25) is 9.59 Å². The number of thiophene rings is 1. The molecule has 16 heavy (non-hydrogen) atoms. The van der Waals surface area contributed by atoms with Gasteiger partial charge in [0.1, 0.15) is 6.04 Å². The van der Waals surface area contributed by atoms with Crippen molar-refractivity contribution < 1.29 is 9.59 Å². The molecular weight excluding hydrogens is 224 g/mol. The summed E-state index contributed by atoms with van der Waals surface area (Å²) in [5, 5.41) is 5.31. The zero-order valence-corrected chi connectivity index (χ0v) is 10.5. The molecule has 1 heterocycles. The third kappa shape index (κ3) is 3.34. The molecule has 0 saturated carbocycles. The van der Waals surface area contributed by atoms with Crippen molar-refractivity contribution in [1.29, 1.82) is 0 Å². The van der Waals surface area contributed by atoms with E-state index in [-0.39, 0.29) is 11.8 Å². The summed E-state index contributed by atoms with van der Waals surface area (Å²) in [4.78, 5) is 24.8. The number of rotatable bonds is 4. The van der Waals surface area contributed by atoms with Gasteiger partial charge in [-0.1, -0.05) is 0 Å². The van der Waals surface area contributed by atoms with Gasteiger partial charge in [0.15, 0.2) is 0 Å². The molecule has 88 valence electrons. The molecule has 0 bridgehead atoms. The predicted molar refractivity (Wildman–Crippen MR) is 64.7 cm³/mol. The second-order valence-electron chi connectivity index (χ2n) is 3.50. The first-order valence-electron chi connectivity index (χ1n) is 5.19. The number of likely N-dealkylation sites (N-methyl/N-ethyl adjacent to an activating group) is 1. The third-order valence-electron chi connectivity index (χ3n) is 2.06. The van der Waals surface area contributed by atoms with E-state index < -0.39 is 6.04 Å². The van der Waals surface area contributed by atoms with Crippen molar-refractivity contribution in [2.75, 3.05) is 6.54 Å². The molecule has 0 aromatic carbocycles. The van der Waals surface area contributed by atoms with Crippen molar-refractivity contribution in [1.82, 2.24) is 10.6 Å². The van der Waals surface area contributed by atoms with Crippen LogP contribution < -0.4 is 10.6 Å². The maximum Gasteiger partial charge on any atom is 0.261 e. The van der Waals surface area contributed by atoms with Crippen LogP contribution in [-0.2, 0) is 4.79 Å². The highest BCUT2D eigenvalue weighted by atomic mass is 32.1. The number of hydrogen-bond acceptors (Lipinski definition) is 3. The second kappa shape index (κ2) is 5.65. The Morgan fingerprint density at radius 2 is 2.12 bits per heavy atom. The minimum absolute atomic E-state index is 0.163. The lowest BCUT2D eigenvalue weighted by molar-refractivity contribution is -0.122. The molecular formula is C11H16N2O2S. The predicted octanol–water partition coefficient (Wildman–Crippen LogP) is 1.31. The molecule has 4 nitrogen and oxygen atoms in total. The number of nitrogens with one attached hydrogen (secondary N) is 2. The minimum atomic E-state index is -0.505. The van der Waals surface area contributed by atoms with Gasteiger partial charge in [0.05, 0.1) is 4.88 Å². The van der Waals surface area contributed by atoms with Crippen LogP contribution in [0.15, 0.2) is 12.1 Å². The molecule has 0 saturated heterocycles. The Balaban J connectivity index is 2.54. The monoisotopic (exact) mass is 240 g/mol. The van der Waals surface area contributed by atoms with E-state index in [4.69, 9.17) is 0 Å². The lowest BCUT2D eigenvalue weighted by Crippen LogP contribution is -2.44. The van der Waals surface area contributed by atoms with Crippen LogP contribution in [0.4, 0.5) is 0 Å². The van der Waals surface area contributed by atoms with Crippen molar-refractivity contribution in [2.24, 2.45) is 0 Å². The van der Waals surface area contributed by atoms with Crippen LogP contribution >= 0.6 is 11.3 Å². The summed E-state index contributed by atoms with van der Waals surface area (Å²) in [5.74, 6) is -0.360. The van der Waals surface area contributed by atoms with Crippen LogP contribution in [0.2, 0.25) is 0 Å². The summed E-state index contributed by atoms with van der Waals surface area (Å²) >= 11 is 1.42. The summed E-state index contributed by atoms with van der Waals surface area (Å²) in [5.41, 5.74) is 0. The standard InChI is InChI=1S/C11H16N2O2S/c1-4-12-10(14)8(3)13-11(15)9-6-5-7(2)16-9/h5-6,8H,4H2,1-3H3,(H,12,14)(H,13,15). The summed E-state index contributed by atoms with van der Waals surface area (Å²) in [6.07, 6.45) is 0. The largest absolute Gasteiger partial charge is 0.355 e. The molecule has 1 atom stereocenters. The normalized spacial score (nSPS) is 11.9. The number of aryl methyl sites for hydroxylation is 1. The molecule has 0 aliphatic carbocycles. The van der Waals surface area contributed by atoms with Gasteiger partial charge in [-0.05, 0) is 32.9 Å². The van der Waals surface area contributed by atoms with Crippen molar-refractivity contribution in [3.05, 3.63) is 21.9 Å². The number of amides is 2. The Kier molecular flexibility index (Phi) is 4.49. The average molecular weight is 240 g/mol. The van der Waals surface area contributed by atoms with Gasteiger partial charge in [0, 0.05) is 11.4 Å². The van der Waals surface area contributed by atoms with Crippen molar-refractivity contribution in [3.63, 3.8) is 0 Å². The molecule has 2 amide bonds. The molecule has 2 N–H and O–H groups in total. The first-order valence-corrected chi connectivity index (χ1v) is 6.01. The quantitative estimate of drug-likeness (QED) is 0.833. The van der Waals surface area contributed by atoms with Crippen molar-refractivity contribution in [2.45, 2.75) is 26.8 Å². The SMILES string of the molecule is CCNC(=O)C(C)NC(=O)c1ccc(C)s1. The first kappa shape index (κ1) is 12.7. The number of hydrogen-bond donors (Lipinski definition) is 2. The maximum absolute atomic E-state index is 11.7. The molecule has 1 aromatic heterocycles. The highest BCUT2D eigenvalue weighted by molar-refractivity contribution is 7.13. The zero-order chi connectivity index (χ0) is 12.1. The third-order valence-corrected chi connectivity index (χ3v) is 3.06. The van der Waals surface area contributed by atoms with E-state index in [1.807, 2.05) is 19.9 Å². The van der Waals surface area contributed by atoms with Gasteiger partial charge in [0.2, 0.25) is 5.91 Å². The van der Waals surface area contributed by atoms with Crippen LogP contribution in [0.3, 0.4) is 0 Å². The lowest BCUT2D eigenvalue weighted by Gasteiger charge is -2.12. The molecule has 1 unspecified atom stereocenters. The van der Waals surface area contributed by atoms with Crippen LogP contribution in [0, 0.1) is 6.92 Å². The fourth-order valence-electron chi connectivity index (χ4n) is 1.22. The maximum atomic E-state index is 11.7. The van der Waals surface area contributed by atoms with Crippen molar-refractivity contribution >= 4 is 23.2 Å². The summed E-state index contributed by atoms with van der Waals surface area (Å²) in [6.45, 7) is 6.02. The van der Waals surface area contributed by atoms with Gasteiger partial charge in [-0.25, -0.2) is 0 Å². The Labute approximate surface area is 99.0 Å². The zero-order valence-electron chi connectivity index (χ0n) is 9.66. The highest BCUT2D eigenvalue weighted by Gasteiger charge is 2.16. The average Bonchev–Trinajstić information content (AvgIpc) is 2.65. The molecule has 1 rings (SSSR count). The van der Waals surface area contributed by atoms with Crippen LogP contribution in [0.25, 0.3) is 0 Å². The Morgan fingerprint density at radius 3 is 2.62 bits per heavy atom. The lowest BCUT2D eigenvalue weighted by atomic mass is 10.3. The van der Waals surface area contributed by atoms with Crippen LogP contribution in [0.5, 0.6) is 0 Å². The molecule has 0 radical (unpaired) electrons. The molecule has 5 heteroatoms. The van der Waals surface area contributed by atoms with Gasteiger partial charge < -0.3 is 10.6 Å². The number of carbonyl (C=O) groups is 2. The van der Waals surface area contributed by atoms with E-state index in [0.29, 0.717) is 11.4 Å². The molecule has 0 fully saturated rings. The Bertz CT molecular complexity index is 387. The van der Waals surface area contributed by atoms with E-state index in [1.54, 1.807) is 13.0 Å². The minimum Gasteiger partial charge on any atom is -0.355 e. The molecule has 0 aliphatic rings. The highest BCUT2D eigenvalue weighted by Crippen LogP contribution is 2.14. The Hall–Kier alpha value is -1.36. The van der Waals surface area contributed by atoms with E-state index in [9.17, 15) is 9.59 Å². The number of carbonyl (C=O) groups excluding carboxylic acids is 2. The Morgan fingerprint density at radius 1 is 1.44 bits per heavy atom. The smallest absolute Gasteiger partial charge is 0.261 e. The van der Waals surface area contributed by atoms with E-state index in [0.717, 1.165) is 4.88 Å². The fraction of sp³-hybridized carbons (Fsp3) is 0.455. The second-order valence-corrected chi connectivity index (χ2v) is 4.79. The van der Waals surface area contributed by atoms with Gasteiger partial charge in [0.25, 0.3) is 5.91 Å². The van der Waals surface area contributed by atoms with E-state index in [1.165, 1.54) is 11.3 Å². The fourth-order valence-corrected chi connectivity index (χ4v) is 1.99. The van der Waals surface area contributed by atoms with E-state index >= 15 is 0 Å². The summed E-state index contributed by atoms with van der Waals surface area (Å²) in [6, 6.07) is 3.14. The molecule has 0 aliphatic heterocycles. The van der Waals surface area contributed by atoms with Gasteiger partial charge in [-0.15, -0.1) is 11.3 Å². The summed E-state index contributed by atoms with van der Waals surface area (Å²) in [7, 11) is 0. The topological polar surface area (TPSA) is 58.2 Å². The van der Waals surface area contributed by atoms with Crippen LogP contribution in [0.1, 0.15) is 28.4 Å².